The maximum absolute atomic E-state index is 13.1. The molecule has 1 aromatic carbocycles. The summed E-state index contributed by atoms with van der Waals surface area (Å²) in [5, 5.41) is 2.91. The predicted molar refractivity (Wildman–Crippen MR) is 111 cm³/mol. The zero-order valence-corrected chi connectivity index (χ0v) is 17.2. The number of hydrogen-bond donors (Lipinski definition) is 1. The van der Waals surface area contributed by atoms with Gasteiger partial charge in [-0.15, -0.1) is 0 Å². The number of nitrogens with zero attached hydrogens (tertiary/aromatic N) is 3. The number of urea groups is 1. The molecule has 1 fully saturated rings. The summed E-state index contributed by atoms with van der Waals surface area (Å²) in [4.78, 5) is 29.4. The Hall–Kier alpha value is -2.76. The molecule has 150 valence electrons. The average Bonchev–Trinajstić information content (AvgIpc) is 3.41. The van der Waals surface area contributed by atoms with Crippen molar-refractivity contribution < 1.29 is 9.59 Å². The number of aryl methyl sites for hydroxylation is 2. The summed E-state index contributed by atoms with van der Waals surface area (Å²) in [7, 11) is 1.99. The summed E-state index contributed by atoms with van der Waals surface area (Å²) in [5.41, 5.74) is 2.96. The van der Waals surface area contributed by atoms with E-state index in [0.29, 0.717) is 6.54 Å². The van der Waals surface area contributed by atoms with Crippen molar-refractivity contribution in [1.29, 1.82) is 0 Å². The molecule has 1 saturated carbocycles. The lowest BCUT2D eigenvalue weighted by atomic mass is 10.2. The summed E-state index contributed by atoms with van der Waals surface area (Å²) in [6.45, 7) is 6.53. The molecule has 6 nitrogen and oxygen atoms in total. The average molecular weight is 383 g/mol. The van der Waals surface area contributed by atoms with Crippen LogP contribution < -0.4 is 5.32 Å². The second kappa shape index (κ2) is 8.50. The smallest absolute Gasteiger partial charge is 0.322 e. The second-order valence-corrected chi connectivity index (χ2v) is 7.88. The lowest BCUT2D eigenvalue weighted by Gasteiger charge is -2.30. The molecule has 3 rings (SSSR count). The van der Waals surface area contributed by atoms with Crippen LogP contribution in [-0.2, 0) is 18.4 Å². The van der Waals surface area contributed by atoms with E-state index in [0.717, 1.165) is 29.8 Å². The van der Waals surface area contributed by atoms with Crippen molar-refractivity contribution in [1.82, 2.24) is 14.4 Å². The molecular formula is C22H30N4O2. The monoisotopic (exact) mass is 382 g/mol. The van der Waals surface area contributed by atoms with Crippen molar-refractivity contribution in [3.63, 3.8) is 0 Å². The Labute approximate surface area is 167 Å². The third-order valence-electron chi connectivity index (χ3n) is 5.18. The summed E-state index contributed by atoms with van der Waals surface area (Å²) in [5.74, 6) is -0.00328. The molecular weight excluding hydrogens is 352 g/mol. The Morgan fingerprint density at radius 1 is 1.18 bits per heavy atom. The molecule has 0 saturated heterocycles. The second-order valence-electron chi connectivity index (χ2n) is 7.88. The Morgan fingerprint density at radius 3 is 2.39 bits per heavy atom. The van der Waals surface area contributed by atoms with Crippen LogP contribution >= 0.6 is 0 Å². The van der Waals surface area contributed by atoms with Crippen LogP contribution in [0.3, 0.4) is 0 Å². The van der Waals surface area contributed by atoms with E-state index in [1.54, 1.807) is 4.90 Å². The zero-order valence-electron chi connectivity index (χ0n) is 17.2. The fraction of sp³-hybridized carbons (Fsp3) is 0.455. The van der Waals surface area contributed by atoms with E-state index in [9.17, 15) is 9.59 Å². The first-order valence-electron chi connectivity index (χ1n) is 9.89. The van der Waals surface area contributed by atoms with Crippen molar-refractivity contribution >= 4 is 17.6 Å². The van der Waals surface area contributed by atoms with Crippen LogP contribution in [0.25, 0.3) is 0 Å². The zero-order chi connectivity index (χ0) is 20.3. The molecule has 1 N–H and O–H groups in total. The third-order valence-corrected chi connectivity index (χ3v) is 5.18. The lowest BCUT2D eigenvalue weighted by Crippen LogP contribution is -2.48. The molecule has 6 heteroatoms. The molecule has 1 aliphatic rings. The van der Waals surface area contributed by atoms with Crippen molar-refractivity contribution in [2.45, 2.75) is 52.2 Å². The van der Waals surface area contributed by atoms with Gasteiger partial charge < -0.3 is 19.7 Å². The Morgan fingerprint density at radius 2 is 1.86 bits per heavy atom. The largest absolute Gasteiger partial charge is 0.353 e. The summed E-state index contributed by atoms with van der Waals surface area (Å²) in [6.07, 6.45) is 4.06. The summed E-state index contributed by atoms with van der Waals surface area (Å²) in [6, 6.07) is 11.6. The van der Waals surface area contributed by atoms with Gasteiger partial charge in [-0.05, 0) is 57.9 Å². The van der Waals surface area contributed by atoms with Crippen LogP contribution in [0.5, 0.6) is 0 Å². The number of nitrogens with one attached hydrogen (secondary N) is 1. The van der Waals surface area contributed by atoms with Gasteiger partial charge in [0.25, 0.3) is 0 Å². The van der Waals surface area contributed by atoms with E-state index in [1.807, 2.05) is 79.9 Å². The van der Waals surface area contributed by atoms with E-state index in [4.69, 9.17) is 0 Å². The Bertz CT molecular complexity index is 821. The molecule has 0 aliphatic heterocycles. The van der Waals surface area contributed by atoms with E-state index < -0.39 is 0 Å². The van der Waals surface area contributed by atoms with Crippen molar-refractivity contribution in [2.24, 2.45) is 7.05 Å². The molecule has 3 amide bonds. The minimum Gasteiger partial charge on any atom is -0.353 e. The number of rotatable bonds is 7. The first-order chi connectivity index (χ1) is 13.3. The molecule has 0 spiro atoms. The van der Waals surface area contributed by atoms with Crippen molar-refractivity contribution in [3.8, 4) is 0 Å². The maximum atomic E-state index is 13.1. The van der Waals surface area contributed by atoms with Gasteiger partial charge in [-0.25, -0.2) is 4.79 Å². The SMILES string of the molecule is Cc1ccc(NC(=O)N(CC(=O)N(Cc2cccn2C)C2CC2)C(C)C)cc1. The van der Waals surface area contributed by atoms with E-state index in [1.165, 1.54) is 0 Å². The normalized spacial score (nSPS) is 13.5. The number of hydrogen-bond acceptors (Lipinski definition) is 2. The highest BCUT2D eigenvalue weighted by atomic mass is 16.2. The van der Waals surface area contributed by atoms with E-state index in [-0.39, 0.29) is 30.6 Å². The van der Waals surface area contributed by atoms with Crippen LogP contribution in [0.2, 0.25) is 0 Å². The fourth-order valence-electron chi connectivity index (χ4n) is 3.20. The minimum absolute atomic E-state index is 0.00328. The molecule has 0 atom stereocenters. The van der Waals surface area contributed by atoms with Gasteiger partial charge in [0.15, 0.2) is 0 Å². The number of benzene rings is 1. The van der Waals surface area contributed by atoms with Gasteiger partial charge in [0, 0.05) is 36.7 Å². The number of anilines is 1. The van der Waals surface area contributed by atoms with Crippen LogP contribution in [0.4, 0.5) is 10.5 Å². The van der Waals surface area contributed by atoms with Gasteiger partial charge in [0.1, 0.15) is 6.54 Å². The standard InChI is InChI=1S/C22H30N4O2/c1-16(2)25(22(28)23-18-9-7-17(3)8-10-18)15-21(27)26(19-11-12-19)14-20-6-5-13-24(20)4/h5-10,13,16,19H,11-12,14-15H2,1-4H3,(H,23,28). The molecule has 0 bridgehead atoms. The van der Waals surface area contributed by atoms with E-state index in [2.05, 4.69) is 5.32 Å². The van der Waals surface area contributed by atoms with Crippen LogP contribution in [-0.4, -0.2) is 44.9 Å². The van der Waals surface area contributed by atoms with Crippen molar-refractivity contribution in [2.75, 3.05) is 11.9 Å². The maximum Gasteiger partial charge on any atom is 0.322 e. The third kappa shape index (κ3) is 4.94. The molecule has 2 aromatic rings. The number of carbonyl (C=O) groups is 2. The molecule has 28 heavy (non-hydrogen) atoms. The first-order valence-corrected chi connectivity index (χ1v) is 9.89. The number of aromatic nitrogens is 1. The van der Waals surface area contributed by atoms with Gasteiger partial charge in [-0.2, -0.15) is 0 Å². The minimum atomic E-state index is -0.248. The van der Waals surface area contributed by atoms with Gasteiger partial charge in [-0.1, -0.05) is 17.7 Å². The lowest BCUT2D eigenvalue weighted by molar-refractivity contribution is -0.133. The van der Waals surface area contributed by atoms with Gasteiger partial charge in [0.05, 0.1) is 6.54 Å². The molecule has 1 heterocycles. The highest BCUT2D eigenvalue weighted by Crippen LogP contribution is 2.28. The highest BCUT2D eigenvalue weighted by molar-refractivity contribution is 5.92. The number of carbonyl (C=O) groups excluding carboxylic acids is 2. The van der Waals surface area contributed by atoms with Crippen molar-refractivity contribution in [3.05, 3.63) is 53.9 Å². The Balaban J connectivity index is 1.67. The molecule has 1 aromatic heterocycles. The summed E-state index contributed by atoms with van der Waals surface area (Å²) >= 11 is 0. The highest BCUT2D eigenvalue weighted by Gasteiger charge is 2.34. The van der Waals surface area contributed by atoms with Crippen LogP contribution in [0.1, 0.15) is 37.9 Å². The van der Waals surface area contributed by atoms with Gasteiger partial charge in [0.2, 0.25) is 5.91 Å². The topological polar surface area (TPSA) is 57.6 Å². The van der Waals surface area contributed by atoms with Gasteiger partial charge in [-0.3, -0.25) is 4.79 Å². The quantitative estimate of drug-likeness (QED) is 0.792. The summed E-state index contributed by atoms with van der Waals surface area (Å²) < 4.78 is 2.03. The molecule has 1 aliphatic carbocycles. The molecule has 0 radical (unpaired) electrons. The van der Waals surface area contributed by atoms with Crippen LogP contribution in [0.15, 0.2) is 42.6 Å². The Kier molecular flexibility index (Phi) is 6.07. The fourth-order valence-corrected chi connectivity index (χ4v) is 3.20. The van der Waals surface area contributed by atoms with Crippen LogP contribution in [0, 0.1) is 6.92 Å². The number of amides is 3. The molecule has 0 unspecified atom stereocenters. The van der Waals surface area contributed by atoms with Gasteiger partial charge >= 0.3 is 6.03 Å². The predicted octanol–water partition coefficient (Wildman–Crippen LogP) is 3.77. The van der Waals surface area contributed by atoms with E-state index >= 15 is 0 Å². The first kappa shape index (κ1) is 20.0.